The highest BCUT2D eigenvalue weighted by molar-refractivity contribution is 6.99. The number of rotatable bonds is 8. The first-order valence-electron chi connectivity index (χ1n) is 9.24. The maximum absolute atomic E-state index is 10.9. The molecule has 2 aromatic rings. The Morgan fingerprint density at radius 3 is 1.85 bits per heavy atom. The van der Waals surface area contributed by atoms with Crippen LogP contribution in [0.1, 0.15) is 40.5 Å². The fraction of sp³-hybridized carbons (Fsp3) is 0.409. The molecule has 2 rings (SSSR count). The van der Waals surface area contributed by atoms with Crippen LogP contribution >= 0.6 is 0 Å². The van der Waals surface area contributed by atoms with E-state index in [0.717, 1.165) is 6.42 Å². The van der Waals surface area contributed by atoms with Gasteiger partial charge >= 0.3 is 5.97 Å². The molecule has 26 heavy (non-hydrogen) atoms. The number of hydrogen-bond acceptors (Lipinski definition) is 2. The minimum absolute atomic E-state index is 0.0499. The van der Waals surface area contributed by atoms with Gasteiger partial charge in [0.1, 0.15) is 0 Å². The summed E-state index contributed by atoms with van der Waals surface area (Å²) in [6, 6.07) is 21.0. The molecular weight excluding hydrogens is 340 g/mol. The molecule has 0 aliphatic rings. The van der Waals surface area contributed by atoms with E-state index in [1.165, 1.54) is 10.4 Å². The van der Waals surface area contributed by atoms with Crippen LogP contribution in [0.15, 0.2) is 60.7 Å². The van der Waals surface area contributed by atoms with E-state index in [1.807, 2.05) is 19.1 Å². The van der Waals surface area contributed by atoms with Crippen LogP contribution in [0.2, 0.25) is 5.04 Å². The fourth-order valence-corrected chi connectivity index (χ4v) is 8.15. The summed E-state index contributed by atoms with van der Waals surface area (Å²) in [6.07, 6.45) is 0.931. The molecule has 0 saturated heterocycles. The molecule has 1 unspecified atom stereocenters. The van der Waals surface area contributed by atoms with E-state index >= 15 is 0 Å². The standard InChI is InChI=1S/C22H30O3Si/c1-18(17-21(23)24)15-16-25-26(22(2,3)4,19-11-7-5-8-12-19)20-13-9-6-10-14-20/h5-14,18H,15-17H2,1-4H3,(H,23,24). The second-order valence-corrected chi connectivity index (χ2v) is 12.3. The molecule has 0 aliphatic heterocycles. The minimum Gasteiger partial charge on any atom is -0.481 e. The van der Waals surface area contributed by atoms with Gasteiger partial charge in [-0.3, -0.25) is 4.79 Å². The Balaban J connectivity index is 2.39. The van der Waals surface area contributed by atoms with Crippen molar-refractivity contribution in [3.8, 4) is 0 Å². The zero-order valence-electron chi connectivity index (χ0n) is 16.2. The van der Waals surface area contributed by atoms with Crippen molar-refractivity contribution in [2.24, 2.45) is 5.92 Å². The van der Waals surface area contributed by atoms with Crippen LogP contribution in [0.4, 0.5) is 0 Å². The van der Waals surface area contributed by atoms with E-state index < -0.39 is 14.3 Å². The molecular formula is C22H30O3Si. The van der Waals surface area contributed by atoms with E-state index in [2.05, 4.69) is 69.3 Å². The summed E-state index contributed by atoms with van der Waals surface area (Å²) in [5.41, 5.74) is 0. The van der Waals surface area contributed by atoms with Gasteiger partial charge in [0, 0.05) is 13.0 Å². The fourth-order valence-electron chi connectivity index (χ4n) is 3.57. The molecule has 0 amide bonds. The topological polar surface area (TPSA) is 46.5 Å². The van der Waals surface area contributed by atoms with Crippen molar-refractivity contribution in [2.75, 3.05) is 6.61 Å². The SMILES string of the molecule is CC(CCO[Si](c1ccccc1)(c1ccccc1)C(C)(C)C)CC(=O)O. The molecule has 3 nitrogen and oxygen atoms in total. The number of carboxylic acids is 1. The van der Waals surface area contributed by atoms with Gasteiger partial charge in [0.05, 0.1) is 0 Å². The Kier molecular flexibility index (Phi) is 6.79. The second kappa shape index (κ2) is 8.65. The van der Waals surface area contributed by atoms with Gasteiger partial charge in [-0.05, 0) is 27.8 Å². The summed E-state index contributed by atoms with van der Waals surface area (Å²) >= 11 is 0. The molecule has 0 radical (unpaired) electrons. The number of carboxylic acid groups (broad SMARTS) is 1. The van der Waals surface area contributed by atoms with Gasteiger partial charge in [-0.1, -0.05) is 88.4 Å². The Hall–Kier alpha value is -1.91. The van der Waals surface area contributed by atoms with Gasteiger partial charge in [0.25, 0.3) is 8.32 Å². The van der Waals surface area contributed by atoms with Crippen molar-refractivity contribution in [1.82, 2.24) is 0 Å². The van der Waals surface area contributed by atoms with E-state index in [-0.39, 0.29) is 17.4 Å². The van der Waals surface area contributed by atoms with Crippen LogP contribution in [0, 0.1) is 5.92 Å². The highest BCUT2D eigenvalue weighted by atomic mass is 28.4. The first-order chi connectivity index (χ1) is 12.3. The normalized spacial score (nSPS) is 13.4. The number of carbonyl (C=O) groups is 1. The average molecular weight is 371 g/mol. The molecule has 0 aromatic heterocycles. The maximum Gasteiger partial charge on any atom is 0.303 e. The van der Waals surface area contributed by atoms with Gasteiger partial charge in [0.2, 0.25) is 0 Å². The molecule has 0 saturated carbocycles. The van der Waals surface area contributed by atoms with E-state index in [1.54, 1.807) is 0 Å². The molecule has 1 atom stereocenters. The van der Waals surface area contributed by atoms with Crippen LogP contribution < -0.4 is 10.4 Å². The highest BCUT2D eigenvalue weighted by Crippen LogP contribution is 2.36. The van der Waals surface area contributed by atoms with Crippen LogP contribution in [-0.4, -0.2) is 26.0 Å². The van der Waals surface area contributed by atoms with Crippen molar-refractivity contribution in [3.05, 3.63) is 60.7 Å². The van der Waals surface area contributed by atoms with Crippen LogP contribution in [0.3, 0.4) is 0 Å². The third-order valence-corrected chi connectivity index (χ3v) is 9.91. The summed E-state index contributed by atoms with van der Waals surface area (Å²) < 4.78 is 6.76. The Labute approximate surface area is 158 Å². The lowest BCUT2D eigenvalue weighted by molar-refractivity contribution is -0.138. The van der Waals surface area contributed by atoms with E-state index in [9.17, 15) is 4.79 Å². The molecule has 0 heterocycles. The molecule has 0 fully saturated rings. The molecule has 2 aromatic carbocycles. The van der Waals surface area contributed by atoms with Crippen LogP contribution in [0.25, 0.3) is 0 Å². The molecule has 0 bridgehead atoms. The molecule has 0 aliphatic carbocycles. The lowest BCUT2D eigenvalue weighted by atomic mass is 10.1. The average Bonchev–Trinajstić information content (AvgIpc) is 2.58. The Bertz CT molecular complexity index is 653. The Morgan fingerprint density at radius 2 is 1.46 bits per heavy atom. The van der Waals surface area contributed by atoms with Gasteiger partial charge in [-0.2, -0.15) is 0 Å². The van der Waals surface area contributed by atoms with E-state index in [4.69, 9.17) is 9.53 Å². The number of hydrogen-bond donors (Lipinski definition) is 1. The predicted octanol–water partition coefficient (Wildman–Crippen LogP) is 4.06. The van der Waals surface area contributed by atoms with Crippen LogP contribution in [0.5, 0.6) is 0 Å². The summed E-state index contributed by atoms with van der Waals surface area (Å²) in [4.78, 5) is 10.9. The van der Waals surface area contributed by atoms with Gasteiger partial charge in [0.15, 0.2) is 0 Å². The first kappa shape index (κ1) is 20.4. The van der Waals surface area contributed by atoms with Crippen molar-refractivity contribution in [3.63, 3.8) is 0 Å². The quantitative estimate of drug-likeness (QED) is 0.713. The molecule has 0 spiro atoms. The van der Waals surface area contributed by atoms with Crippen molar-refractivity contribution < 1.29 is 14.3 Å². The first-order valence-corrected chi connectivity index (χ1v) is 11.1. The molecule has 4 heteroatoms. The van der Waals surface area contributed by atoms with Crippen LogP contribution in [-0.2, 0) is 9.22 Å². The summed E-state index contributed by atoms with van der Waals surface area (Å²) in [5, 5.41) is 11.5. The second-order valence-electron chi connectivity index (χ2n) is 8.00. The lowest BCUT2D eigenvalue weighted by Crippen LogP contribution is -2.66. The number of benzene rings is 2. The third kappa shape index (κ3) is 4.62. The summed E-state index contributed by atoms with van der Waals surface area (Å²) in [5.74, 6) is -0.645. The smallest absolute Gasteiger partial charge is 0.303 e. The van der Waals surface area contributed by atoms with Gasteiger partial charge < -0.3 is 9.53 Å². The largest absolute Gasteiger partial charge is 0.481 e. The lowest BCUT2D eigenvalue weighted by Gasteiger charge is -2.43. The maximum atomic E-state index is 10.9. The van der Waals surface area contributed by atoms with Gasteiger partial charge in [-0.15, -0.1) is 0 Å². The van der Waals surface area contributed by atoms with Crippen molar-refractivity contribution in [1.29, 1.82) is 0 Å². The van der Waals surface area contributed by atoms with Gasteiger partial charge in [-0.25, -0.2) is 0 Å². The zero-order chi connectivity index (χ0) is 19.2. The molecule has 140 valence electrons. The van der Waals surface area contributed by atoms with Crippen molar-refractivity contribution in [2.45, 2.75) is 45.6 Å². The Morgan fingerprint density at radius 1 is 1.00 bits per heavy atom. The highest BCUT2D eigenvalue weighted by Gasteiger charge is 2.49. The van der Waals surface area contributed by atoms with Crippen molar-refractivity contribution >= 4 is 24.7 Å². The minimum atomic E-state index is -2.50. The molecule has 1 N–H and O–H groups in total. The third-order valence-electron chi connectivity index (χ3n) is 4.87. The summed E-state index contributed by atoms with van der Waals surface area (Å²) in [7, 11) is -2.50. The number of aliphatic carboxylic acids is 1. The monoisotopic (exact) mass is 370 g/mol. The predicted molar refractivity (Wildman–Crippen MR) is 110 cm³/mol. The van der Waals surface area contributed by atoms with E-state index in [0.29, 0.717) is 6.61 Å². The summed E-state index contributed by atoms with van der Waals surface area (Å²) in [6.45, 7) is 9.30. The zero-order valence-corrected chi connectivity index (χ0v) is 17.2.